The van der Waals surface area contributed by atoms with Gasteiger partial charge in [0.05, 0.1) is 6.61 Å². The summed E-state index contributed by atoms with van der Waals surface area (Å²) in [5, 5.41) is 21.2. The summed E-state index contributed by atoms with van der Waals surface area (Å²) in [4.78, 5) is 6.30. The van der Waals surface area contributed by atoms with Crippen LogP contribution in [-0.2, 0) is 11.8 Å². The van der Waals surface area contributed by atoms with Gasteiger partial charge >= 0.3 is 0 Å². The first-order chi connectivity index (χ1) is 12.6. The third kappa shape index (κ3) is 2.79. The van der Waals surface area contributed by atoms with Gasteiger partial charge in [-0.1, -0.05) is 25.1 Å². The molecule has 0 amide bonds. The Morgan fingerprint density at radius 2 is 2.12 bits per heavy atom. The number of fused-ring (bicyclic) bond motifs is 6. The Labute approximate surface area is 156 Å². The molecular weight excluding hydrogens is 324 g/mol. The number of rotatable bonds is 5. The topological polar surface area (TPSA) is 59.5 Å². The van der Waals surface area contributed by atoms with Crippen molar-refractivity contribution in [1.82, 2.24) is 9.88 Å². The summed E-state index contributed by atoms with van der Waals surface area (Å²) in [6, 6.07) is 8.90. The minimum atomic E-state index is -0.216. The molecular formula is C22H32N2O2. The average Bonchev–Trinajstić information content (AvgIpc) is 2.99. The van der Waals surface area contributed by atoms with Crippen molar-refractivity contribution in [3.05, 3.63) is 35.5 Å². The van der Waals surface area contributed by atoms with Gasteiger partial charge in [-0.05, 0) is 56.1 Å². The Morgan fingerprint density at radius 3 is 2.88 bits per heavy atom. The van der Waals surface area contributed by atoms with Gasteiger partial charge < -0.3 is 15.2 Å². The van der Waals surface area contributed by atoms with Crippen LogP contribution in [0.15, 0.2) is 24.3 Å². The van der Waals surface area contributed by atoms with Crippen LogP contribution in [0.3, 0.4) is 0 Å². The van der Waals surface area contributed by atoms with E-state index in [4.69, 9.17) is 0 Å². The van der Waals surface area contributed by atoms with E-state index in [1.165, 1.54) is 22.2 Å². The fourth-order valence-corrected chi connectivity index (χ4v) is 5.67. The summed E-state index contributed by atoms with van der Waals surface area (Å²) >= 11 is 0. The molecule has 0 radical (unpaired) electrons. The Morgan fingerprint density at radius 1 is 1.31 bits per heavy atom. The second-order valence-electron chi connectivity index (χ2n) is 8.68. The maximum Gasteiger partial charge on any atom is 0.0557 e. The van der Waals surface area contributed by atoms with Crippen LogP contribution in [0.4, 0.5) is 0 Å². The second kappa shape index (κ2) is 6.99. The van der Waals surface area contributed by atoms with E-state index in [2.05, 4.69) is 48.0 Å². The third-order valence-corrected chi connectivity index (χ3v) is 7.09. The third-order valence-electron chi connectivity index (χ3n) is 7.09. The monoisotopic (exact) mass is 356 g/mol. The van der Waals surface area contributed by atoms with E-state index < -0.39 is 0 Å². The second-order valence-corrected chi connectivity index (χ2v) is 8.68. The van der Waals surface area contributed by atoms with Crippen LogP contribution >= 0.6 is 0 Å². The van der Waals surface area contributed by atoms with Gasteiger partial charge in [0.25, 0.3) is 0 Å². The molecule has 2 aliphatic rings. The Bertz CT molecular complexity index is 771. The first-order valence-corrected chi connectivity index (χ1v) is 10.1. The molecule has 1 fully saturated rings. The van der Waals surface area contributed by atoms with E-state index in [0.29, 0.717) is 17.9 Å². The first kappa shape index (κ1) is 18.0. The zero-order valence-corrected chi connectivity index (χ0v) is 16.0. The van der Waals surface area contributed by atoms with E-state index >= 15 is 0 Å². The van der Waals surface area contributed by atoms with Crippen LogP contribution in [0.5, 0.6) is 0 Å². The predicted molar refractivity (Wildman–Crippen MR) is 105 cm³/mol. The molecule has 3 heterocycles. The number of nitrogens with one attached hydrogen (secondary N) is 1. The van der Waals surface area contributed by atoms with Crippen molar-refractivity contribution in [3.63, 3.8) is 0 Å². The lowest BCUT2D eigenvalue weighted by Crippen LogP contribution is -2.57. The van der Waals surface area contributed by atoms with Gasteiger partial charge in [-0.2, -0.15) is 0 Å². The van der Waals surface area contributed by atoms with Gasteiger partial charge in [0.15, 0.2) is 0 Å². The lowest BCUT2D eigenvalue weighted by atomic mass is 9.67. The molecule has 2 aromatic rings. The Balaban J connectivity index is 1.76. The van der Waals surface area contributed by atoms with Crippen LogP contribution < -0.4 is 0 Å². The van der Waals surface area contributed by atoms with Gasteiger partial charge in [0.1, 0.15) is 0 Å². The summed E-state index contributed by atoms with van der Waals surface area (Å²) < 4.78 is 0. The van der Waals surface area contributed by atoms with E-state index in [0.717, 1.165) is 38.8 Å². The highest BCUT2D eigenvalue weighted by atomic mass is 16.3. The Kier molecular flexibility index (Phi) is 4.84. The molecule has 1 saturated heterocycles. The molecule has 0 aliphatic carbocycles. The first-order valence-electron chi connectivity index (χ1n) is 10.1. The molecule has 5 atom stereocenters. The molecule has 0 spiro atoms. The van der Waals surface area contributed by atoms with Crippen LogP contribution in [0.1, 0.15) is 44.4 Å². The number of nitrogens with zero attached hydrogens (tertiary/aromatic N) is 1. The normalized spacial score (nSPS) is 32.2. The molecule has 4 unspecified atom stereocenters. The standard InChI is InChI=1S/C22H32N2O2/c1-15(8-10-25)11-17-12-22(14-26)16(2)24(13-17)9-7-19-18-5-3-4-6-20(18)23-21(19)22/h3-6,15-17,23,25-26H,7-14H2,1-2H3/t15?,16?,17-,22?/m0/s1. The van der Waals surface area contributed by atoms with Crippen molar-refractivity contribution in [1.29, 1.82) is 0 Å². The number of para-hydroxylation sites is 1. The number of hydrogen-bond acceptors (Lipinski definition) is 3. The summed E-state index contributed by atoms with van der Waals surface area (Å²) in [6.07, 6.45) is 4.07. The van der Waals surface area contributed by atoms with Crippen molar-refractivity contribution in [2.75, 3.05) is 26.3 Å². The fraction of sp³-hybridized carbons (Fsp3) is 0.636. The van der Waals surface area contributed by atoms with Gasteiger partial charge in [0, 0.05) is 47.8 Å². The number of aliphatic hydroxyl groups excluding tert-OH is 2. The highest BCUT2D eigenvalue weighted by Gasteiger charge is 2.50. The van der Waals surface area contributed by atoms with Crippen molar-refractivity contribution in [3.8, 4) is 0 Å². The molecule has 4 nitrogen and oxygen atoms in total. The van der Waals surface area contributed by atoms with Crippen LogP contribution in [0.2, 0.25) is 0 Å². The molecule has 4 rings (SSSR count). The van der Waals surface area contributed by atoms with E-state index in [9.17, 15) is 10.2 Å². The van der Waals surface area contributed by atoms with Crippen LogP contribution in [0.25, 0.3) is 10.9 Å². The average molecular weight is 357 g/mol. The predicted octanol–water partition coefficient (Wildman–Crippen LogP) is 3.07. The molecule has 3 N–H and O–H groups in total. The van der Waals surface area contributed by atoms with Crippen molar-refractivity contribution in [2.45, 2.75) is 51.0 Å². The highest BCUT2D eigenvalue weighted by Crippen LogP contribution is 2.47. The SMILES string of the molecule is CC(CCO)C[C@@H]1CN2CCc3c([nH]c4ccccc34)C(CO)(C1)C2C. The van der Waals surface area contributed by atoms with Crippen LogP contribution in [0, 0.1) is 11.8 Å². The molecule has 2 aliphatic heterocycles. The zero-order valence-electron chi connectivity index (χ0n) is 16.0. The van der Waals surface area contributed by atoms with Gasteiger partial charge in [-0.25, -0.2) is 0 Å². The summed E-state index contributed by atoms with van der Waals surface area (Å²) in [6.45, 7) is 7.17. The van der Waals surface area contributed by atoms with Gasteiger partial charge in [-0.3, -0.25) is 4.90 Å². The number of piperidine rings is 1. The largest absolute Gasteiger partial charge is 0.396 e. The van der Waals surface area contributed by atoms with Gasteiger partial charge in [0.2, 0.25) is 0 Å². The number of aromatic nitrogens is 1. The quantitative estimate of drug-likeness (QED) is 0.772. The number of hydrogen-bond donors (Lipinski definition) is 3. The summed E-state index contributed by atoms with van der Waals surface area (Å²) in [7, 11) is 0. The number of aromatic amines is 1. The summed E-state index contributed by atoms with van der Waals surface area (Å²) in [5.41, 5.74) is 3.66. The minimum absolute atomic E-state index is 0.190. The fourth-order valence-electron chi connectivity index (χ4n) is 5.67. The zero-order chi connectivity index (χ0) is 18.3. The maximum absolute atomic E-state index is 10.6. The smallest absolute Gasteiger partial charge is 0.0557 e. The molecule has 4 heteroatoms. The van der Waals surface area contributed by atoms with E-state index in [1.807, 2.05) is 0 Å². The van der Waals surface area contributed by atoms with Crippen molar-refractivity contribution < 1.29 is 10.2 Å². The molecule has 1 aromatic heterocycles. The van der Waals surface area contributed by atoms with E-state index in [1.54, 1.807) is 0 Å². The molecule has 142 valence electrons. The van der Waals surface area contributed by atoms with Crippen LogP contribution in [-0.4, -0.2) is 52.4 Å². The van der Waals surface area contributed by atoms with Crippen molar-refractivity contribution >= 4 is 10.9 Å². The molecule has 0 saturated carbocycles. The molecule has 2 bridgehead atoms. The van der Waals surface area contributed by atoms with Gasteiger partial charge in [-0.15, -0.1) is 0 Å². The lowest BCUT2D eigenvalue weighted by Gasteiger charge is -2.50. The maximum atomic E-state index is 10.6. The molecule has 26 heavy (non-hydrogen) atoms. The Hall–Kier alpha value is -1.36. The lowest BCUT2D eigenvalue weighted by molar-refractivity contribution is 0.00491. The number of H-pyrrole nitrogens is 1. The molecule has 1 aromatic carbocycles. The van der Waals surface area contributed by atoms with Crippen molar-refractivity contribution in [2.24, 2.45) is 11.8 Å². The van der Waals surface area contributed by atoms with E-state index in [-0.39, 0.29) is 18.6 Å². The number of benzene rings is 1. The number of aliphatic hydroxyl groups is 2. The minimum Gasteiger partial charge on any atom is -0.396 e. The summed E-state index contributed by atoms with van der Waals surface area (Å²) in [5.74, 6) is 1.09. The highest BCUT2D eigenvalue weighted by molar-refractivity contribution is 5.85.